The molecule has 0 saturated heterocycles. The van der Waals surface area contributed by atoms with Crippen LogP contribution in [-0.2, 0) is 0 Å². The molecule has 6 heteroatoms. The Hall–Kier alpha value is -2.89. The normalized spacial score (nSPS) is 10.1. The van der Waals surface area contributed by atoms with Crippen LogP contribution >= 0.6 is 0 Å². The van der Waals surface area contributed by atoms with E-state index in [1.807, 2.05) is 32.0 Å². The number of amides is 2. The molecule has 0 atom stereocenters. The third-order valence-electron chi connectivity index (χ3n) is 3.38. The summed E-state index contributed by atoms with van der Waals surface area (Å²) in [5.74, 6) is 0. The second-order valence-electron chi connectivity index (χ2n) is 5.10. The first kappa shape index (κ1) is 15.5. The van der Waals surface area contributed by atoms with E-state index in [0.29, 0.717) is 11.3 Å². The average molecular weight is 299 g/mol. The van der Waals surface area contributed by atoms with Gasteiger partial charge in [-0.25, -0.2) is 4.79 Å². The quantitative estimate of drug-likeness (QED) is 0.659. The van der Waals surface area contributed by atoms with E-state index in [1.54, 1.807) is 19.1 Å². The van der Waals surface area contributed by atoms with Crippen LogP contribution in [0.3, 0.4) is 0 Å². The molecule has 2 aromatic carbocycles. The smallest absolute Gasteiger partial charge is 0.307 e. The van der Waals surface area contributed by atoms with Gasteiger partial charge in [-0.15, -0.1) is 0 Å². The largest absolute Gasteiger partial charge is 0.323 e. The summed E-state index contributed by atoms with van der Waals surface area (Å²) in [7, 11) is 0. The standard InChI is InChI=1S/C16H17N3O3/c1-10-7-8-13(9-14(10)19(21)22)17-16(20)18-15-11(2)5-4-6-12(15)3/h4-9H,1-3H3,(H2,17,18,20). The van der Waals surface area contributed by atoms with Crippen LogP contribution < -0.4 is 10.6 Å². The van der Waals surface area contributed by atoms with Crippen LogP contribution in [0.15, 0.2) is 36.4 Å². The van der Waals surface area contributed by atoms with Gasteiger partial charge in [0.2, 0.25) is 0 Å². The number of nitrogens with zero attached hydrogens (tertiary/aromatic N) is 1. The molecule has 6 nitrogen and oxygen atoms in total. The highest BCUT2D eigenvalue weighted by molar-refractivity contribution is 6.00. The summed E-state index contributed by atoms with van der Waals surface area (Å²) in [5.41, 5.74) is 3.54. The van der Waals surface area contributed by atoms with E-state index in [-0.39, 0.29) is 5.69 Å². The van der Waals surface area contributed by atoms with Crippen LogP contribution in [0.4, 0.5) is 21.9 Å². The van der Waals surface area contributed by atoms with E-state index >= 15 is 0 Å². The molecule has 0 aromatic heterocycles. The fraction of sp³-hybridized carbons (Fsp3) is 0.188. The number of hydrogen-bond acceptors (Lipinski definition) is 3. The SMILES string of the molecule is Cc1ccc(NC(=O)Nc2c(C)cccc2C)cc1[N+](=O)[O-]. The number of nitrogens with one attached hydrogen (secondary N) is 2. The van der Waals surface area contributed by atoms with Gasteiger partial charge in [0, 0.05) is 23.0 Å². The van der Waals surface area contributed by atoms with Gasteiger partial charge in [-0.2, -0.15) is 0 Å². The predicted octanol–water partition coefficient (Wildman–Crippen LogP) is 4.16. The molecule has 0 unspecified atom stereocenters. The van der Waals surface area contributed by atoms with Crippen LogP contribution in [0.25, 0.3) is 0 Å². The number of benzene rings is 2. The number of nitro groups is 1. The number of aryl methyl sites for hydroxylation is 3. The van der Waals surface area contributed by atoms with Crippen molar-refractivity contribution in [2.75, 3.05) is 10.6 Å². The van der Waals surface area contributed by atoms with Crippen molar-refractivity contribution in [3.05, 3.63) is 63.2 Å². The Labute approximate surface area is 128 Å². The van der Waals surface area contributed by atoms with Crippen LogP contribution in [0.2, 0.25) is 0 Å². The zero-order valence-electron chi connectivity index (χ0n) is 12.6. The minimum Gasteiger partial charge on any atom is -0.307 e. The summed E-state index contributed by atoms with van der Waals surface area (Å²) in [5, 5.41) is 16.3. The molecule has 22 heavy (non-hydrogen) atoms. The molecule has 2 amide bonds. The Morgan fingerprint density at radius 1 is 1.00 bits per heavy atom. The molecule has 0 saturated carbocycles. The number of urea groups is 1. The molecule has 0 bridgehead atoms. The van der Waals surface area contributed by atoms with Crippen LogP contribution in [0.1, 0.15) is 16.7 Å². The minimum atomic E-state index is -0.468. The molecule has 0 aliphatic carbocycles. The molecule has 0 heterocycles. The monoisotopic (exact) mass is 299 g/mol. The van der Waals surface area contributed by atoms with E-state index in [4.69, 9.17) is 0 Å². The summed E-state index contributed by atoms with van der Waals surface area (Å²) >= 11 is 0. The number of anilines is 2. The summed E-state index contributed by atoms with van der Waals surface area (Å²) in [6.07, 6.45) is 0. The molecule has 0 aliphatic heterocycles. The maximum atomic E-state index is 12.1. The van der Waals surface area contributed by atoms with Gasteiger partial charge in [-0.1, -0.05) is 24.3 Å². The lowest BCUT2D eigenvalue weighted by molar-refractivity contribution is -0.385. The summed E-state index contributed by atoms with van der Waals surface area (Å²) in [4.78, 5) is 22.5. The third-order valence-corrected chi connectivity index (χ3v) is 3.38. The van der Waals surface area contributed by atoms with Crippen molar-refractivity contribution in [1.29, 1.82) is 0 Å². The first-order chi connectivity index (χ1) is 10.4. The lowest BCUT2D eigenvalue weighted by Gasteiger charge is -2.12. The van der Waals surface area contributed by atoms with Crippen LogP contribution in [0.5, 0.6) is 0 Å². The highest BCUT2D eigenvalue weighted by Crippen LogP contribution is 2.23. The highest BCUT2D eigenvalue weighted by Gasteiger charge is 2.13. The number of hydrogen-bond donors (Lipinski definition) is 2. The Bertz CT molecular complexity index is 721. The van der Waals surface area contributed by atoms with E-state index in [0.717, 1.165) is 16.8 Å². The van der Waals surface area contributed by atoms with Crippen molar-refractivity contribution >= 4 is 23.1 Å². The summed E-state index contributed by atoms with van der Waals surface area (Å²) in [6.45, 7) is 5.46. The van der Waals surface area contributed by atoms with Crippen molar-refractivity contribution in [2.24, 2.45) is 0 Å². The van der Waals surface area contributed by atoms with Crippen LogP contribution in [-0.4, -0.2) is 11.0 Å². The maximum Gasteiger partial charge on any atom is 0.323 e. The molecular weight excluding hydrogens is 282 g/mol. The van der Waals surface area contributed by atoms with Crippen LogP contribution in [0, 0.1) is 30.9 Å². The van der Waals surface area contributed by atoms with Gasteiger partial charge < -0.3 is 10.6 Å². The van der Waals surface area contributed by atoms with Gasteiger partial charge >= 0.3 is 6.03 Å². The first-order valence-corrected chi connectivity index (χ1v) is 6.77. The third kappa shape index (κ3) is 3.41. The molecule has 0 spiro atoms. The van der Waals surface area contributed by atoms with Crippen molar-refractivity contribution in [3.8, 4) is 0 Å². The Morgan fingerprint density at radius 2 is 1.64 bits per heavy atom. The fourth-order valence-corrected chi connectivity index (χ4v) is 2.17. The number of para-hydroxylation sites is 1. The lowest BCUT2D eigenvalue weighted by atomic mass is 10.1. The Balaban J connectivity index is 2.16. The number of nitro benzene ring substituents is 1. The second-order valence-corrected chi connectivity index (χ2v) is 5.10. The van der Waals surface area contributed by atoms with Crippen molar-refractivity contribution in [1.82, 2.24) is 0 Å². The average Bonchev–Trinajstić information content (AvgIpc) is 2.45. The number of carbonyl (C=O) groups excluding carboxylic acids is 1. The summed E-state index contributed by atoms with van der Waals surface area (Å²) < 4.78 is 0. The zero-order valence-corrected chi connectivity index (χ0v) is 12.6. The first-order valence-electron chi connectivity index (χ1n) is 6.77. The molecule has 0 fully saturated rings. The van der Waals surface area contributed by atoms with E-state index in [9.17, 15) is 14.9 Å². The second kappa shape index (κ2) is 6.26. The van der Waals surface area contributed by atoms with Crippen molar-refractivity contribution < 1.29 is 9.72 Å². The van der Waals surface area contributed by atoms with Gasteiger partial charge in [-0.05, 0) is 38.0 Å². The van der Waals surface area contributed by atoms with Crippen molar-refractivity contribution in [3.63, 3.8) is 0 Å². The molecule has 0 radical (unpaired) electrons. The number of carbonyl (C=O) groups is 1. The molecule has 2 N–H and O–H groups in total. The molecular formula is C16H17N3O3. The fourth-order valence-electron chi connectivity index (χ4n) is 2.17. The molecule has 2 aromatic rings. The van der Waals surface area contributed by atoms with Gasteiger partial charge in [0.1, 0.15) is 0 Å². The zero-order chi connectivity index (χ0) is 16.3. The van der Waals surface area contributed by atoms with E-state index < -0.39 is 11.0 Å². The lowest BCUT2D eigenvalue weighted by Crippen LogP contribution is -2.20. The topological polar surface area (TPSA) is 84.3 Å². The van der Waals surface area contributed by atoms with E-state index in [2.05, 4.69) is 10.6 Å². The van der Waals surface area contributed by atoms with Gasteiger partial charge in [0.15, 0.2) is 0 Å². The Kier molecular flexibility index (Phi) is 4.41. The maximum absolute atomic E-state index is 12.1. The van der Waals surface area contributed by atoms with Crippen molar-refractivity contribution in [2.45, 2.75) is 20.8 Å². The highest BCUT2D eigenvalue weighted by atomic mass is 16.6. The Morgan fingerprint density at radius 3 is 2.23 bits per heavy atom. The van der Waals surface area contributed by atoms with E-state index in [1.165, 1.54) is 6.07 Å². The van der Waals surface area contributed by atoms with Gasteiger partial charge in [0.25, 0.3) is 5.69 Å². The number of rotatable bonds is 3. The van der Waals surface area contributed by atoms with Gasteiger partial charge in [-0.3, -0.25) is 10.1 Å². The molecule has 0 aliphatic rings. The molecule has 2 rings (SSSR count). The minimum absolute atomic E-state index is 0.0233. The predicted molar refractivity (Wildman–Crippen MR) is 86.4 cm³/mol. The van der Waals surface area contributed by atoms with Gasteiger partial charge in [0.05, 0.1) is 4.92 Å². The summed E-state index contributed by atoms with van der Waals surface area (Å²) in [6, 6.07) is 9.87. The molecule has 114 valence electrons.